The number of benzene rings is 3. The molecule has 0 fully saturated rings. The average Bonchev–Trinajstić information content (AvgIpc) is 2.70. The lowest BCUT2D eigenvalue weighted by Gasteiger charge is -2.07. The summed E-state index contributed by atoms with van der Waals surface area (Å²) in [5, 5.41) is 0. The number of rotatable bonds is 6. The van der Waals surface area contributed by atoms with Gasteiger partial charge in [-0.1, -0.05) is 55.5 Å². The van der Waals surface area contributed by atoms with Crippen LogP contribution in [0.15, 0.2) is 54.6 Å². The molecule has 0 saturated heterocycles. The topological polar surface area (TPSA) is 9.23 Å². The second-order valence-corrected chi connectivity index (χ2v) is 6.33. The van der Waals surface area contributed by atoms with E-state index in [2.05, 4.69) is 0 Å². The summed E-state index contributed by atoms with van der Waals surface area (Å²) in [4.78, 5) is 0. The summed E-state index contributed by atoms with van der Waals surface area (Å²) in [6, 6.07) is 15.1. The molecule has 3 aromatic rings. The Morgan fingerprint density at radius 1 is 0.821 bits per heavy atom. The summed E-state index contributed by atoms with van der Waals surface area (Å²) in [5.41, 5.74) is 2.55. The second kappa shape index (κ2) is 8.79. The van der Waals surface area contributed by atoms with Crippen LogP contribution in [0.2, 0.25) is 0 Å². The summed E-state index contributed by atoms with van der Waals surface area (Å²) >= 11 is 0. The van der Waals surface area contributed by atoms with Crippen molar-refractivity contribution < 1.29 is 17.9 Å². The molecule has 0 aliphatic carbocycles. The van der Waals surface area contributed by atoms with Gasteiger partial charge in [0.05, 0.1) is 6.61 Å². The van der Waals surface area contributed by atoms with Crippen molar-refractivity contribution in [1.82, 2.24) is 0 Å². The van der Waals surface area contributed by atoms with Gasteiger partial charge in [-0.3, -0.25) is 0 Å². The quantitative estimate of drug-likeness (QED) is 0.421. The highest BCUT2D eigenvalue weighted by Crippen LogP contribution is 2.27. The van der Waals surface area contributed by atoms with E-state index in [0.29, 0.717) is 29.9 Å². The first-order valence-corrected chi connectivity index (χ1v) is 9.21. The van der Waals surface area contributed by atoms with Gasteiger partial charge in [-0.05, 0) is 42.2 Å². The van der Waals surface area contributed by atoms with Gasteiger partial charge < -0.3 is 4.74 Å². The fourth-order valence-corrected chi connectivity index (χ4v) is 2.95. The van der Waals surface area contributed by atoms with Gasteiger partial charge in [0, 0.05) is 17.2 Å². The molecule has 0 saturated carbocycles. The summed E-state index contributed by atoms with van der Waals surface area (Å²) in [5.74, 6) is -1.51. The molecule has 3 rings (SSSR count). The highest BCUT2D eigenvalue weighted by molar-refractivity contribution is 5.72. The van der Waals surface area contributed by atoms with Gasteiger partial charge >= 0.3 is 0 Å². The van der Waals surface area contributed by atoms with Gasteiger partial charge in [-0.2, -0.15) is 0 Å². The molecule has 0 atom stereocenters. The van der Waals surface area contributed by atoms with Crippen molar-refractivity contribution in [2.75, 3.05) is 6.61 Å². The predicted molar refractivity (Wildman–Crippen MR) is 108 cm³/mol. The third-order valence-electron chi connectivity index (χ3n) is 4.50. The molecule has 0 N–H and O–H groups in total. The minimum Gasteiger partial charge on any atom is -0.494 e. The van der Waals surface area contributed by atoms with Gasteiger partial charge in [0.1, 0.15) is 11.6 Å². The van der Waals surface area contributed by atoms with Crippen LogP contribution in [0, 0.1) is 17.5 Å². The van der Waals surface area contributed by atoms with E-state index in [9.17, 15) is 13.2 Å². The fraction of sp³-hybridized carbons (Fsp3) is 0.167. The van der Waals surface area contributed by atoms with Crippen LogP contribution in [-0.2, 0) is 6.42 Å². The number of ether oxygens (including phenoxy) is 1. The minimum atomic E-state index is -0.844. The zero-order chi connectivity index (χ0) is 20.1. The van der Waals surface area contributed by atoms with Crippen molar-refractivity contribution >= 4 is 12.2 Å². The van der Waals surface area contributed by atoms with Gasteiger partial charge in [0.25, 0.3) is 0 Å². The lowest BCUT2D eigenvalue weighted by Crippen LogP contribution is -1.95. The Bertz CT molecular complexity index is 991. The number of halogens is 3. The molecule has 28 heavy (non-hydrogen) atoms. The molecule has 0 aliphatic rings. The Labute approximate surface area is 163 Å². The van der Waals surface area contributed by atoms with Crippen molar-refractivity contribution in [2.45, 2.75) is 20.3 Å². The fourth-order valence-electron chi connectivity index (χ4n) is 2.95. The van der Waals surface area contributed by atoms with Crippen LogP contribution in [0.3, 0.4) is 0 Å². The molecule has 144 valence electrons. The summed E-state index contributed by atoms with van der Waals surface area (Å²) < 4.78 is 47.6. The van der Waals surface area contributed by atoms with Crippen molar-refractivity contribution in [3.05, 3.63) is 88.7 Å². The third-order valence-corrected chi connectivity index (χ3v) is 4.50. The molecule has 0 spiro atoms. The molecule has 3 aromatic carbocycles. The van der Waals surface area contributed by atoms with Crippen molar-refractivity contribution in [3.8, 4) is 16.9 Å². The third kappa shape index (κ3) is 4.28. The van der Waals surface area contributed by atoms with Crippen LogP contribution in [0.25, 0.3) is 23.3 Å². The summed E-state index contributed by atoms with van der Waals surface area (Å²) in [7, 11) is 0. The molecule has 0 aromatic heterocycles. The maximum absolute atomic E-state index is 14.3. The van der Waals surface area contributed by atoms with Crippen LogP contribution in [-0.4, -0.2) is 6.61 Å². The first-order chi connectivity index (χ1) is 13.5. The van der Waals surface area contributed by atoms with Crippen molar-refractivity contribution in [3.63, 3.8) is 0 Å². The highest BCUT2D eigenvalue weighted by Gasteiger charge is 2.10. The molecule has 0 heterocycles. The van der Waals surface area contributed by atoms with E-state index >= 15 is 0 Å². The molecule has 0 unspecified atom stereocenters. The van der Waals surface area contributed by atoms with E-state index in [1.165, 1.54) is 12.1 Å². The van der Waals surface area contributed by atoms with Crippen LogP contribution < -0.4 is 4.74 Å². The van der Waals surface area contributed by atoms with Crippen LogP contribution in [0.4, 0.5) is 13.2 Å². The first-order valence-electron chi connectivity index (χ1n) is 9.21. The van der Waals surface area contributed by atoms with Crippen LogP contribution in [0.1, 0.15) is 30.5 Å². The molecule has 0 radical (unpaired) electrons. The number of aryl methyl sites for hydroxylation is 1. The van der Waals surface area contributed by atoms with E-state index in [0.717, 1.165) is 11.1 Å². The smallest absolute Gasteiger partial charge is 0.166 e. The zero-order valence-corrected chi connectivity index (χ0v) is 15.8. The molecular weight excluding hydrogens is 361 g/mol. The Hall–Kier alpha value is -3.01. The van der Waals surface area contributed by atoms with E-state index in [1.54, 1.807) is 61.5 Å². The lowest BCUT2D eigenvalue weighted by atomic mass is 10.0. The highest BCUT2D eigenvalue weighted by atomic mass is 19.2. The molecule has 0 aliphatic heterocycles. The molecule has 4 heteroatoms. The van der Waals surface area contributed by atoms with Gasteiger partial charge in [0.2, 0.25) is 0 Å². The Morgan fingerprint density at radius 3 is 2.21 bits per heavy atom. The standard InChI is InChI=1S/C24H21F3O/c1-3-17-11-12-19(24(27)23(17)26)10-7-16-5-8-18(9-6-16)21-14-13-20(28-4-2)15-22(21)25/h5-15H,3-4H2,1-2H3. The molecule has 0 bridgehead atoms. The minimum absolute atomic E-state index is 0.191. The van der Waals surface area contributed by atoms with Gasteiger partial charge in [0.15, 0.2) is 11.6 Å². The average molecular weight is 382 g/mol. The van der Waals surface area contributed by atoms with Gasteiger partial charge in [-0.15, -0.1) is 0 Å². The predicted octanol–water partition coefficient (Wildman–Crippen LogP) is 6.90. The van der Waals surface area contributed by atoms with Crippen LogP contribution in [0.5, 0.6) is 5.75 Å². The number of hydrogen-bond acceptors (Lipinski definition) is 1. The zero-order valence-electron chi connectivity index (χ0n) is 15.8. The first kappa shape index (κ1) is 19.7. The van der Waals surface area contributed by atoms with E-state index in [4.69, 9.17) is 4.74 Å². The molecular formula is C24H21F3O. The van der Waals surface area contributed by atoms with E-state index < -0.39 is 11.6 Å². The molecule has 0 amide bonds. The largest absolute Gasteiger partial charge is 0.494 e. The maximum atomic E-state index is 14.3. The summed E-state index contributed by atoms with van der Waals surface area (Å²) in [6.45, 7) is 4.10. The monoisotopic (exact) mass is 382 g/mol. The Morgan fingerprint density at radius 2 is 1.57 bits per heavy atom. The normalized spacial score (nSPS) is 11.2. The second-order valence-electron chi connectivity index (χ2n) is 6.33. The lowest BCUT2D eigenvalue weighted by molar-refractivity contribution is 0.338. The number of hydrogen-bond donors (Lipinski definition) is 0. The Kier molecular flexibility index (Phi) is 6.19. The molecule has 1 nitrogen and oxygen atoms in total. The van der Waals surface area contributed by atoms with Gasteiger partial charge in [-0.25, -0.2) is 13.2 Å². The summed E-state index contributed by atoms with van der Waals surface area (Å²) in [6.07, 6.45) is 3.67. The SMILES string of the molecule is CCOc1ccc(-c2ccc(C=Cc3ccc(CC)c(F)c3F)cc2)c(F)c1. The van der Waals surface area contributed by atoms with E-state index in [-0.39, 0.29) is 11.4 Å². The Balaban J connectivity index is 1.80. The van der Waals surface area contributed by atoms with Crippen molar-refractivity contribution in [1.29, 1.82) is 0 Å². The van der Waals surface area contributed by atoms with E-state index in [1.807, 2.05) is 6.92 Å². The van der Waals surface area contributed by atoms with Crippen LogP contribution >= 0.6 is 0 Å². The van der Waals surface area contributed by atoms with Crippen molar-refractivity contribution in [2.24, 2.45) is 0 Å². The maximum Gasteiger partial charge on any atom is 0.166 e.